The summed E-state index contributed by atoms with van der Waals surface area (Å²) in [6.45, 7) is 4.82. The molecule has 0 saturated carbocycles. The number of Topliss-reactive ketones (excluding diaryl/α,β-unsaturated/α-hetero) is 1. The van der Waals surface area contributed by atoms with Gasteiger partial charge in [-0.1, -0.05) is 38.1 Å². The van der Waals surface area contributed by atoms with Crippen LogP contribution < -0.4 is 5.56 Å². The zero-order chi connectivity index (χ0) is 17.8. The highest BCUT2D eigenvalue weighted by Crippen LogP contribution is 2.26. The summed E-state index contributed by atoms with van der Waals surface area (Å²) in [4.78, 5) is 24.7. The fraction of sp³-hybridized carbons (Fsp3) is 0.476. The van der Waals surface area contributed by atoms with E-state index in [9.17, 15) is 9.59 Å². The molecule has 0 fully saturated rings. The summed E-state index contributed by atoms with van der Waals surface area (Å²) < 4.78 is 1.57. The van der Waals surface area contributed by atoms with Crippen molar-refractivity contribution < 1.29 is 4.79 Å². The first-order valence-corrected chi connectivity index (χ1v) is 9.32. The van der Waals surface area contributed by atoms with Crippen LogP contribution in [-0.4, -0.2) is 15.6 Å². The number of nitrogens with zero attached hydrogens (tertiary/aromatic N) is 2. The number of hydrogen-bond donors (Lipinski definition) is 0. The van der Waals surface area contributed by atoms with Crippen molar-refractivity contribution in [3.05, 3.63) is 63.1 Å². The van der Waals surface area contributed by atoms with Gasteiger partial charge < -0.3 is 0 Å². The Kier molecular flexibility index (Phi) is 5.47. The number of hydrogen-bond acceptors (Lipinski definition) is 3. The monoisotopic (exact) mass is 338 g/mol. The van der Waals surface area contributed by atoms with Crippen molar-refractivity contribution in [3.8, 4) is 0 Å². The molecule has 132 valence electrons. The fourth-order valence-electron chi connectivity index (χ4n) is 3.56. The van der Waals surface area contributed by atoms with E-state index in [1.807, 2.05) is 31.2 Å². The van der Waals surface area contributed by atoms with E-state index in [-0.39, 0.29) is 11.3 Å². The van der Waals surface area contributed by atoms with Crippen LogP contribution in [0.5, 0.6) is 0 Å². The molecule has 25 heavy (non-hydrogen) atoms. The maximum absolute atomic E-state index is 12.5. The third-order valence-electron chi connectivity index (χ3n) is 5.06. The summed E-state index contributed by atoms with van der Waals surface area (Å²) in [7, 11) is 0. The zero-order valence-electron chi connectivity index (χ0n) is 15.1. The maximum Gasteiger partial charge on any atom is 0.267 e. The topological polar surface area (TPSA) is 52.0 Å². The maximum atomic E-state index is 12.5. The minimum atomic E-state index is -0.0252. The molecule has 3 rings (SSSR count). The quantitative estimate of drug-likeness (QED) is 0.756. The summed E-state index contributed by atoms with van der Waals surface area (Å²) in [5.41, 5.74) is 4.08. The second kappa shape index (κ2) is 7.77. The van der Waals surface area contributed by atoms with Crippen LogP contribution in [0.4, 0.5) is 0 Å². The second-order valence-electron chi connectivity index (χ2n) is 6.96. The first-order valence-electron chi connectivity index (χ1n) is 9.32. The van der Waals surface area contributed by atoms with Crippen LogP contribution in [0.1, 0.15) is 60.3 Å². The molecule has 1 aliphatic rings. The molecule has 0 saturated heterocycles. The third kappa shape index (κ3) is 4.06. The van der Waals surface area contributed by atoms with Crippen molar-refractivity contribution in [2.45, 2.75) is 58.9 Å². The SMILES string of the molecule is CCCn1nc2c(cc1=O)CC(CC(=O)c1ccc(CC)cc1)CC2. The minimum Gasteiger partial charge on any atom is -0.294 e. The third-order valence-corrected chi connectivity index (χ3v) is 5.06. The number of carbonyl (C=O) groups is 1. The second-order valence-corrected chi connectivity index (χ2v) is 6.96. The van der Waals surface area contributed by atoms with E-state index >= 15 is 0 Å². The molecule has 1 unspecified atom stereocenters. The van der Waals surface area contributed by atoms with E-state index in [2.05, 4.69) is 12.0 Å². The highest BCUT2D eigenvalue weighted by Gasteiger charge is 2.23. The highest BCUT2D eigenvalue weighted by atomic mass is 16.1. The number of aryl methyl sites for hydroxylation is 3. The lowest BCUT2D eigenvalue weighted by Gasteiger charge is -2.23. The van der Waals surface area contributed by atoms with Gasteiger partial charge in [-0.3, -0.25) is 9.59 Å². The summed E-state index contributed by atoms with van der Waals surface area (Å²) in [6, 6.07) is 9.66. The summed E-state index contributed by atoms with van der Waals surface area (Å²) in [5.74, 6) is 0.498. The minimum absolute atomic E-state index is 0.0252. The largest absolute Gasteiger partial charge is 0.294 e. The van der Waals surface area contributed by atoms with Gasteiger partial charge in [-0.15, -0.1) is 0 Å². The van der Waals surface area contributed by atoms with E-state index < -0.39 is 0 Å². The molecule has 0 spiro atoms. The molecule has 0 N–H and O–H groups in total. The van der Waals surface area contributed by atoms with E-state index in [0.29, 0.717) is 18.9 Å². The van der Waals surface area contributed by atoms with Gasteiger partial charge >= 0.3 is 0 Å². The van der Waals surface area contributed by atoms with Gasteiger partial charge in [0.25, 0.3) is 5.56 Å². The lowest BCUT2D eigenvalue weighted by molar-refractivity contribution is 0.0957. The molecule has 4 nitrogen and oxygen atoms in total. The van der Waals surface area contributed by atoms with E-state index in [1.165, 1.54) is 5.56 Å². The molecular weight excluding hydrogens is 312 g/mol. The molecule has 0 amide bonds. The summed E-state index contributed by atoms with van der Waals surface area (Å²) in [5, 5.41) is 4.51. The van der Waals surface area contributed by atoms with Gasteiger partial charge in [-0.05, 0) is 49.1 Å². The first-order chi connectivity index (χ1) is 12.1. The normalized spacial score (nSPS) is 16.5. The van der Waals surface area contributed by atoms with Crippen molar-refractivity contribution in [2.75, 3.05) is 0 Å². The number of rotatable bonds is 6. The Labute approximate surface area is 148 Å². The van der Waals surface area contributed by atoms with Crippen molar-refractivity contribution in [2.24, 2.45) is 5.92 Å². The average molecular weight is 338 g/mol. The van der Waals surface area contributed by atoms with Crippen LogP contribution in [0.3, 0.4) is 0 Å². The fourth-order valence-corrected chi connectivity index (χ4v) is 3.56. The van der Waals surface area contributed by atoms with E-state index in [0.717, 1.165) is 48.9 Å². The van der Waals surface area contributed by atoms with Crippen LogP contribution in [0.2, 0.25) is 0 Å². The van der Waals surface area contributed by atoms with Crippen molar-refractivity contribution >= 4 is 5.78 Å². The lowest BCUT2D eigenvalue weighted by Crippen LogP contribution is -2.28. The van der Waals surface area contributed by atoms with Crippen LogP contribution in [0, 0.1) is 5.92 Å². The predicted molar refractivity (Wildman–Crippen MR) is 99.1 cm³/mol. The number of benzene rings is 1. The average Bonchev–Trinajstić information content (AvgIpc) is 2.62. The Balaban J connectivity index is 1.69. The smallest absolute Gasteiger partial charge is 0.267 e. The molecule has 0 aliphatic heterocycles. The van der Waals surface area contributed by atoms with Gasteiger partial charge in [0, 0.05) is 24.6 Å². The van der Waals surface area contributed by atoms with Crippen molar-refractivity contribution in [3.63, 3.8) is 0 Å². The Morgan fingerprint density at radius 2 is 2.00 bits per heavy atom. The molecule has 0 bridgehead atoms. The zero-order valence-corrected chi connectivity index (χ0v) is 15.1. The summed E-state index contributed by atoms with van der Waals surface area (Å²) >= 11 is 0. The van der Waals surface area contributed by atoms with Gasteiger partial charge in [-0.2, -0.15) is 5.10 Å². The number of aromatic nitrogens is 2. The van der Waals surface area contributed by atoms with Gasteiger partial charge in [0.05, 0.1) is 5.69 Å². The predicted octanol–water partition coefficient (Wildman–Crippen LogP) is 3.59. The molecule has 1 atom stereocenters. The molecule has 0 radical (unpaired) electrons. The van der Waals surface area contributed by atoms with Crippen LogP contribution >= 0.6 is 0 Å². The van der Waals surface area contributed by atoms with Crippen molar-refractivity contribution in [1.82, 2.24) is 9.78 Å². The molecule has 1 aromatic heterocycles. The molecule has 1 heterocycles. The molecule has 1 aromatic carbocycles. The van der Waals surface area contributed by atoms with Crippen molar-refractivity contribution in [1.29, 1.82) is 0 Å². The van der Waals surface area contributed by atoms with Gasteiger partial charge in [0.1, 0.15) is 0 Å². The van der Waals surface area contributed by atoms with Gasteiger partial charge in [0.2, 0.25) is 0 Å². The van der Waals surface area contributed by atoms with E-state index in [1.54, 1.807) is 10.7 Å². The Bertz CT molecular complexity index is 806. The first kappa shape index (κ1) is 17.6. The Hall–Kier alpha value is -2.23. The molecule has 2 aromatic rings. The Morgan fingerprint density at radius 3 is 2.68 bits per heavy atom. The number of fused-ring (bicyclic) bond motifs is 1. The van der Waals surface area contributed by atoms with Crippen LogP contribution in [0.15, 0.2) is 35.1 Å². The molecule has 4 heteroatoms. The molecular formula is C21H26N2O2. The standard InChI is InChI=1S/C21H26N2O2/c1-3-11-23-21(25)14-18-12-16(7-10-19(18)22-23)13-20(24)17-8-5-15(4-2)6-9-17/h5-6,8-9,14,16H,3-4,7,10-13H2,1-2H3. The van der Waals surface area contributed by atoms with Crippen LogP contribution in [0.25, 0.3) is 0 Å². The van der Waals surface area contributed by atoms with E-state index in [4.69, 9.17) is 0 Å². The summed E-state index contributed by atoms with van der Waals surface area (Å²) in [6.07, 6.45) is 5.03. The lowest BCUT2D eigenvalue weighted by atomic mass is 9.83. The van der Waals surface area contributed by atoms with Gasteiger partial charge in [0.15, 0.2) is 5.78 Å². The Morgan fingerprint density at radius 1 is 1.24 bits per heavy atom. The highest BCUT2D eigenvalue weighted by molar-refractivity contribution is 5.96. The van der Waals surface area contributed by atoms with Crippen LogP contribution in [-0.2, 0) is 25.8 Å². The molecule has 1 aliphatic carbocycles. The number of carbonyl (C=O) groups excluding carboxylic acids is 1. The number of ketones is 1. The van der Waals surface area contributed by atoms with Gasteiger partial charge in [-0.25, -0.2) is 4.68 Å².